The van der Waals surface area contributed by atoms with Gasteiger partial charge in [0, 0.05) is 10.9 Å². The van der Waals surface area contributed by atoms with E-state index in [1.165, 1.54) is 6.21 Å². The second-order valence-electron chi connectivity index (χ2n) is 2.51. The monoisotopic (exact) mass is 263 g/mol. The Bertz CT molecular complexity index is 405. The Morgan fingerprint density at radius 3 is 2.47 bits per heavy atom. The largest absolute Gasteiger partial charge is 0.411 e. The zero-order valence-electron chi connectivity index (χ0n) is 7.61. The maximum atomic E-state index is 12.2. The first-order valence-corrected chi connectivity index (χ1v) is 8.49. The summed E-state index contributed by atoms with van der Waals surface area (Å²) < 4.78 is 12.2. The van der Waals surface area contributed by atoms with E-state index in [1.807, 2.05) is 0 Å². The molecule has 0 heterocycles. The Kier molecular flexibility index (Phi) is 4.69. The van der Waals surface area contributed by atoms with E-state index in [2.05, 4.69) is 5.16 Å². The molecule has 0 unspecified atom stereocenters. The average molecular weight is 263 g/mol. The third-order valence-corrected chi connectivity index (χ3v) is 7.65. The van der Waals surface area contributed by atoms with Gasteiger partial charge in [0.1, 0.15) is 0 Å². The molecule has 0 amide bonds. The van der Waals surface area contributed by atoms with Gasteiger partial charge in [-0.3, -0.25) is 14.8 Å². The van der Waals surface area contributed by atoms with Gasteiger partial charge < -0.3 is 5.21 Å². The van der Waals surface area contributed by atoms with Crippen LogP contribution in [-0.2, 0) is 4.57 Å². The van der Waals surface area contributed by atoms with Crippen molar-refractivity contribution in [3.63, 3.8) is 0 Å². The Labute approximate surface area is 95.4 Å². The number of benzene rings is 1. The van der Waals surface area contributed by atoms with Crippen LogP contribution in [-0.4, -0.2) is 11.4 Å². The minimum Gasteiger partial charge on any atom is -0.411 e. The van der Waals surface area contributed by atoms with Crippen molar-refractivity contribution in [3.8, 4) is 0 Å². The second-order valence-corrected chi connectivity index (χ2v) is 9.45. The molecule has 0 aliphatic carbocycles. The van der Waals surface area contributed by atoms with Crippen molar-refractivity contribution in [1.29, 1.82) is 0 Å². The van der Waals surface area contributed by atoms with E-state index in [0.29, 0.717) is 34.0 Å². The fourth-order valence-corrected chi connectivity index (χ4v) is 4.32. The van der Waals surface area contributed by atoms with Gasteiger partial charge in [-0.15, -0.1) is 0 Å². The normalized spacial score (nSPS) is 12.1. The summed E-state index contributed by atoms with van der Waals surface area (Å²) in [6.45, 7) is 0. The minimum atomic E-state index is -2.91. The van der Waals surface area contributed by atoms with Gasteiger partial charge in [-0.2, -0.15) is 0 Å². The molecule has 0 fully saturated rings. The maximum Gasteiger partial charge on any atom is 0.247 e. The summed E-state index contributed by atoms with van der Waals surface area (Å²) >= 11 is 1.43. The molecule has 0 aliphatic rings. The first-order valence-electron chi connectivity index (χ1n) is 3.82. The molecular formula is C7H10N3O2PS2. The van der Waals surface area contributed by atoms with Crippen LogP contribution < -0.4 is 15.6 Å². The molecule has 1 rings (SSSR count). The Balaban J connectivity index is 3.29. The van der Waals surface area contributed by atoms with E-state index in [1.54, 1.807) is 24.3 Å². The third-order valence-electron chi connectivity index (χ3n) is 1.71. The van der Waals surface area contributed by atoms with Crippen molar-refractivity contribution in [1.82, 2.24) is 0 Å². The summed E-state index contributed by atoms with van der Waals surface area (Å²) in [5, 5.41) is 22.6. The van der Waals surface area contributed by atoms with Crippen molar-refractivity contribution in [2.75, 3.05) is 0 Å². The van der Waals surface area contributed by atoms with E-state index in [0.717, 1.165) is 0 Å². The molecule has 0 saturated heterocycles. The lowest BCUT2D eigenvalue weighted by atomic mass is 10.2. The number of hydrogen-bond donors (Lipinski definition) is 3. The van der Waals surface area contributed by atoms with Crippen LogP contribution in [0.4, 0.5) is 0 Å². The van der Waals surface area contributed by atoms with E-state index in [9.17, 15) is 4.57 Å². The predicted octanol–water partition coefficient (Wildman–Crippen LogP) is 1.53. The van der Waals surface area contributed by atoms with Gasteiger partial charge in [-0.1, -0.05) is 23.4 Å². The first-order chi connectivity index (χ1) is 7.18. The molecule has 0 saturated carbocycles. The van der Waals surface area contributed by atoms with Crippen LogP contribution in [0.5, 0.6) is 0 Å². The standard InChI is InChI=1S/C7H10N3O2PS2/c8-14-13(12,15-9)7-4-2-1-3-6(7)5-10-11/h1-5,11H,8-9H2. The number of nitrogens with zero attached hydrogens (tertiary/aromatic N) is 1. The lowest BCUT2D eigenvalue weighted by molar-refractivity contribution is 0.322. The summed E-state index contributed by atoms with van der Waals surface area (Å²) in [5.74, 6) is 0. The highest BCUT2D eigenvalue weighted by molar-refractivity contribution is 8.91. The summed E-state index contributed by atoms with van der Waals surface area (Å²) in [6, 6.07) is 6.79. The van der Waals surface area contributed by atoms with E-state index in [4.69, 9.17) is 15.5 Å². The maximum absolute atomic E-state index is 12.2. The Morgan fingerprint density at radius 1 is 1.33 bits per heavy atom. The molecule has 0 spiro atoms. The van der Waals surface area contributed by atoms with Gasteiger partial charge in [-0.25, -0.2) is 0 Å². The van der Waals surface area contributed by atoms with Crippen molar-refractivity contribution in [2.45, 2.75) is 0 Å². The smallest absolute Gasteiger partial charge is 0.247 e. The van der Waals surface area contributed by atoms with Crippen molar-refractivity contribution < 1.29 is 9.77 Å². The number of nitrogens with two attached hydrogens (primary N) is 2. The molecule has 0 atom stereocenters. The zero-order chi connectivity index (χ0) is 11.3. The lowest BCUT2D eigenvalue weighted by Crippen LogP contribution is -2.09. The van der Waals surface area contributed by atoms with E-state index < -0.39 is 5.55 Å². The topological polar surface area (TPSA) is 102 Å². The lowest BCUT2D eigenvalue weighted by Gasteiger charge is -2.13. The molecule has 5 nitrogen and oxygen atoms in total. The van der Waals surface area contributed by atoms with Crippen LogP contribution in [0.1, 0.15) is 5.56 Å². The molecule has 1 aromatic rings. The average Bonchev–Trinajstić information content (AvgIpc) is 2.29. The minimum absolute atomic E-state index is 0.489. The van der Waals surface area contributed by atoms with E-state index >= 15 is 0 Å². The number of oxime groups is 1. The quantitative estimate of drug-likeness (QED) is 0.250. The molecule has 0 aliphatic heterocycles. The van der Waals surface area contributed by atoms with Crippen LogP contribution in [0.2, 0.25) is 0 Å². The van der Waals surface area contributed by atoms with Gasteiger partial charge >= 0.3 is 0 Å². The summed E-state index contributed by atoms with van der Waals surface area (Å²) in [6.07, 6.45) is 1.20. The molecule has 82 valence electrons. The molecule has 8 heteroatoms. The van der Waals surface area contributed by atoms with E-state index in [-0.39, 0.29) is 0 Å². The van der Waals surface area contributed by atoms with Gasteiger partial charge in [0.05, 0.1) is 6.21 Å². The van der Waals surface area contributed by atoms with Crippen LogP contribution in [0.25, 0.3) is 0 Å². The van der Waals surface area contributed by atoms with Crippen molar-refractivity contribution in [3.05, 3.63) is 29.8 Å². The van der Waals surface area contributed by atoms with Crippen LogP contribution >= 0.6 is 28.7 Å². The Morgan fingerprint density at radius 2 is 1.93 bits per heavy atom. The summed E-state index contributed by atoms with van der Waals surface area (Å²) in [7, 11) is 0. The summed E-state index contributed by atoms with van der Waals surface area (Å²) in [5.41, 5.74) is -2.37. The van der Waals surface area contributed by atoms with Crippen molar-refractivity contribution >= 4 is 40.2 Å². The third kappa shape index (κ3) is 2.76. The second kappa shape index (κ2) is 5.58. The highest BCUT2D eigenvalue weighted by Gasteiger charge is 2.26. The SMILES string of the molecule is NSP(=O)(SN)c1ccccc1C=NO. The molecule has 15 heavy (non-hydrogen) atoms. The van der Waals surface area contributed by atoms with Crippen LogP contribution in [0.15, 0.2) is 29.4 Å². The fourth-order valence-electron chi connectivity index (χ4n) is 1.05. The van der Waals surface area contributed by atoms with Gasteiger partial charge in [0.25, 0.3) is 0 Å². The molecule has 0 radical (unpaired) electrons. The Hall–Kier alpha value is -0.460. The van der Waals surface area contributed by atoms with Crippen LogP contribution in [0, 0.1) is 0 Å². The van der Waals surface area contributed by atoms with Gasteiger partial charge in [-0.05, 0) is 29.2 Å². The van der Waals surface area contributed by atoms with Crippen molar-refractivity contribution in [2.24, 2.45) is 15.4 Å². The number of hydrogen-bond acceptors (Lipinski definition) is 7. The van der Waals surface area contributed by atoms with Crippen LogP contribution in [0.3, 0.4) is 0 Å². The molecular weight excluding hydrogens is 253 g/mol. The highest BCUT2D eigenvalue weighted by Crippen LogP contribution is 2.63. The number of rotatable bonds is 4. The summed E-state index contributed by atoms with van der Waals surface area (Å²) in [4.78, 5) is 0. The highest BCUT2D eigenvalue weighted by atomic mass is 33.1. The molecule has 5 N–H and O–H groups in total. The molecule has 0 bridgehead atoms. The first kappa shape index (κ1) is 12.6. The fraction of sp³-hybridized carbons (Fsp3) is 0. The molecule has 0 aromatic heterocycles. The predicted molar refractivity (Wildman–Crippen MR) is 66.6 cm³/mol. The van der Waals surface area contributed by atoms with Gasteiger partial charge in [0.2, 0.25) is 5.55 Å². The van der Waals surface area contributed by atoms with Gasteiger partial charge in [0.15, 0.2) is 0 Å². The molecule has 1 aromatic carbocycles. The zero-order valence-corrected chi connectivity index (χ0v) is 10.1.